The zero-order chi connectivity index (χ0) is 14.4. The lowest BCUT2D eigenvalue weighted by atomic mass is 10.1. The third-order valence-corrected chi connectivity index (χ3v) is 3.69. The number of nitrogens with two attached hydrogens (primary N) is 1. The highest BCUT2D eigenvalue weighted by atomic mass is 16.5. The molecule has 0 spiro atoms. The second kappa shape index (κ2) is 7.26. The highest BCUT2D eigenvalue weighted by Gasteiger charge is 2.18. The van der Waals surface area contributed by atoms with Crippen molar-refractivity contribution in [2.24, 2.45) is 5.73 Å². The Kier molecular flexibility index (Phi) is 5.38. The first-order chi connectivity index (χ1) is 9.70. The van der Waals surface area contributed by atoms with Gasteiger partial charge in [0.2, 0.25) is 5.91 Å². The minimum Gasteiger partial charge on any atom is -0.383 e. The van der Waals surface area contributed by atoms with Gasteiger partial charge in [-0.2, -0.15) is 0 Å². The summed E-state index contributed by atoms with van der Waals surface area (Å²) in [6.45, 7) is 3.58. The number of hydrogen-bond donors (Lipinski definition) is 2. The van der Waals surface area contributed by atoms with Crippen LogP contribution in [0.15, 0.2) is 24.3 Å². The molecule has 110 valence electrons. The number of amides is 1. The van der Waals surface area contributed by atoms with Crippen molar-refractivity contribution in [3.63, 3.8) is 0 Å². The van der Waals surface area contributed by atoms with E-state index in [1.165, 1.54) is 12.8 Å². The molecule has 0 aliphatic carbocycles. The first-order valence-corrected chi connectivity index (χ1v) is 7.08. The van der Waals surface area contributed by atoms with Gasteiger partial charge in [0.05, 0.1) is 6.61 Å². The number of hydrogen-bond acceptors (Lipinski definition) is 4. The molecule has 2 rings (SSSR count). The van der Waals surface area contributed by atoms with Gasteiger partial charge in [-0.05, 0) is 43.7 Å². The molecule has 1 atom stereocenters. The molecule has 1 heterocycles. The van der Waals surface area contributed by atoms with Crippen LogP contribution in [0.25, 0.3) is 0 Å². The quantitative estimate of drug-likeness (QED) is 0.780. The molecule has 1 aliphatic rings. The Bertz CT molecular complexity index is 427. The molecule has 3 N–H and O–H groups in total. The van der Waals surface area contributed by atoms with Crippen LogP contribution in [-0.2, 0) is 4.74 Å². The van der Waals surface area contributed by atoms with E-state index in [4.69, 9.17) is 10.5 Å². The van der Waals surface area contributed by atoms with Gasteiger partial charge in [0.25, 0.3) is 0 Å². The molecule has 0 aromatic heterocycles. The van der Waals surface area contributed by atoms with Crippen molar-refractivity contribution in [3.05, 3.63) is 29.8 Å². The van der Waals surface area contributed by atoms with Crippen molar-refractivity contribution in [2.45, 2.75) is 18.9 Å². The lowest BCUT2D eigenvalue weighted by Gasteiger charge is -2.27. The zero-order valence-corrected chi connectivity index (χ0v) is 12.0. The molecule has 1 aliphatic heterocycles. The second-order valence-electron chi connectivity index (χ2n) is 5.14. The van der Waals surface area contributed by atoms with Crippen molar-refractivity contribution in [2.75, 3.05) is 38.3 Å². The fraction of sp³-hybridized carbons (Fsp3) is 0.533. The molecule has 1 fully saturated rings. The lowest BCUT2D eigenvalue weighted by molar-refractivity contribution is 0.100. The predicted molar refractivity (Wildman–Crippen MR) is 80.1 cm³/mol. The summed E-state index contributed by atoms with van der Waals surface area (Å²) in [5.74, 6) is -0.391. The lowest BCUT2D eigenvalue weighted by Crippen LogP contribution is -2.39. The van der Waals surface area contributed by atoms with Crippen LogP contribution in [0, 0.1) is 0 Å². The first-order valence-electron chi connectivity index (χ1n) is 7.08. The van der Waals surface area contributed by atoms with E-state index in [2.05, 4.69) is 10.2 Å². The topological polar surface area (TPSA) is 67.6 Å². The van der Waals surface area contributed by atoms with Crippen LogP contribution in [0.1, 0.15) is 23.2 Å². The third kappa shape index (κ3) is 3.95. The van der Waals surface area contributed by atoms with Gasteiger partial charge >= 0.3 is 0 Å². The van der Waals surface area contributed by atoms with Gasteiger partial charge in [-0.3, -0.25) is 4.79 Å². The summed E-state index contributed by atoms with van der Waals surface area (Å²) in [6, 6.07) is 7.98. The van der Waals surface area contributed by atoms with Crippen molar-refractivity contribution >= 4 is 11.6 Å². The summed E-state index contributed by atoms with van der Waals surface area (Å²) in [5.41, 5.74) is 6.91. The number of carbonyl (C=O) groups excluding carboxylic acids is 1. The van der Waals surface area contributed by atoms with Crippen LogP contribution in [0.5, 0.6) is 0 Å². The number of primary amides is 1. The molecule has 0 bridgehead atoms. The van der Waals surface area contributed by atoms with Crippen LogP contribution in [0.4, 0.5) is 5.69 Å². The Morgan fingerprint density at radius 1 is 1.45 bits per heavy atom. The van der Waals surface area contributed by atoms with E-state index in [0.29, 0.717) is 18.2 Å². The minimum atomic E-state index is -0.391. The van der Waals surface area contributed by atoms with E-state index >= 15 is 0 Å². The highest BCUT2D eigenvalue weighted by Crippen LogP contribution is 2.17. The van der Waals surface area contributed by atoms with Crippen molar-refractivity contribution in [3.8, 4) is 0 Å². The molecule has 1 saturated heterocycles. The minimum absolute atomic E-state index is 0.391. The SMILES string of the molecule is COCCN(CC1CCCN1)c1ccc(C(N)=O)cc1. The van der Waals surface area contributed by atoms with Crippen LogP contribution in [0.3, 0.4) is 0 Å². The maximum absolute atomic E-state index is 11.1. The van der Waals surface area contributed by atoms with Crippen molar-refractivity contribution < 1.29 is 9.53 Å². The highest BCUT2D eigenvalue weighted by molar-refractivity contribution is 5.93. The molecule has 1 aromatic rings. The van der Waals surface area contributed by atoms with Gasteiger partial charge in [0.1, 0.15) is 0 Å². The summed E-state index contributed by atoms with van der Waals surface area (Å²) in [6.07, 6.45) is 2.45. The number of nitrogens with one attached hydrogen (secondary N) is 1. The number of nitrogens with zero attached hydrogens (tertiary/aromatic N) is 1. The third-order valence-electron chi connectivity index (χ3n) is 3.69. The number of methoxy groups -OCH3 is 1. The zero-order valence-electron chi connectivity index (χ0n) is 12.0. The molecular formula is C15H23N3O2. The predicted octanol–water partition coefficient (Wildman–Crippen LogP) is 0.990. The fourth-order valence-corrected chi connectivity index (χ4v) is 2.54. The molecule has 1 unspecified atom stereocenters. The average molecular weight is 277 g/mol. The van der Waals surface area contributed by atoms with E-state index in [9.17, 15) is 4.79 Å². The average Bonchev–Trinajstić information content (AvgIpc) is 2.96. The number of ether oxygens (including phenoxy) is 1. The van der Waals surface area contributed by atoms with Crippen LogP contribution in [0.2, 0.25) is 0 Å². The molecule has 0 saturated carbocycles. The van der Waals surface area contributed by atoms with E-state index in [-0.39, 0.29) is 0 Å². The largest absolute Gasteiger partial charge is 0.383 e. The Balaban J connectivity index is 2.05. The number of benzene rings is 1. The monoisotopic (exact) mass is 277 g/mol. The standard InChI is InChI=1S/C15H23N3O2/c1-20-10-9-18(11-13-3-2-8-17-13)14-6-4-12(5-7-14)15(16)19/h4-7,13,17H,2-3,8-11H2,1H3,(H2,16,19). The number of anilines is 1. The molecule has 20 heavy (non-hydrogen) atoms. The number of rotatable bonds is 7. The Labute approximate surface area is 120 Å². The molecule has 1 aromatic carbocycles. The Hall–Kier alpha value is -1.59. The maximum atomic E-state index is 11.1. The van der Waals surface area contributed by atoms with Gasteiger partial charge in [0, 0.05) is 37.5 Å². The van der Waals surface area contributed by atoms with E-state index in [0.717, 1.165) is 25.3 Å². The fourth-order valence-electron chi connectivity index (χ4n) is 2.54. The summed E-state index contributed by atoms with van der Waals surface area (Å²) >= 11 is 0. The molecule has 5 nitrogen and oxygen atoms in total. The van der Waals surface area contributed by atoms with Gasteiger partial charge in [0.15, 0.2) is 0 Å². The van der Waals surface area contributed by atoms with Crippen LogP contribution in [-0.4, -0.2) is 45.3 Å². The number of carbonyl (C=O) groups is 1. The second-order valence-corrected chi connectivity index (χ2v) is 5.14. The Morgan fingerprint density at radius 3 is 2.75 bits per heavy atom. The molecule has 0 radical (unpaired) electrons. The van der Waals surface area contributed by atoms with E-state index in [1.807, 2.05) is 12.1 Å². The van der Waals surface area contributed by atoms with Gasteiger partial charge in [-0.25, -0.2) is 0 Å². The first kappa shape index (κ1) is 14.8. The molecule has 1 amide bonds. The normalized spacial score (nSPS) is 18.1. The smallest absolute Gasteiger partial charge is 0.248 e. The van der Waals surface area contributed by atoms with Crippen molar-refractivity contribution in [1.29, 1.82) is 0 Å². The van der Waals surface area contributed by atoms with E-state index in [1.54, 1.807) is 19.2 Å². The molecule has 5 heteroatoms. The molecular weight excluding hydrogens is 254 g/mol. The van der Waals surface area contributed by atoms with Crippen LogP contribution < -0.4 is 16.0 Å². The maximum Gasteiger partial charge on any atom is 0.248 e. The summed E-state index contributed by atoms with van der Waals surface area (Å²) in [7, 11) is 1.71. The summed E-state index contributed by atoms with van der Waals surface area (Å²) in [4.78, 5) is 13.4. The Morgan fingerprint density at radius 2 is 2.20 bits per heavy atom. The van der Waals surface area contributed by atoms with Gasteiger partial charge in [-0.1, -0.05) is 0 Å². The van der Waals surface area contributed by atoms with E-state index < -0.39 is 5.91 Å². The summed E-state index contributed by atoms with van der Waals surface area (Å²) in [5, 5.41) is 3.51. The van der Waals surface area contributed by atoms with Gasteiger partial charge < -0.3 is 20.7 Å². The van der Waals surface area contributed by atoms with Gasteiger partial charge in [-0.15, -0.1) is 0 Å². The van der Waals surface area contributed by atoms with Crippen molar-refractivity contribution in [1.82, 2.24) is 5.32 Å². The van der Waals surface area contributed by atoms with Crippen LogP contribution >= 0.6 is 0 Å². The summed E-state index contributed by atoms with van der Waals surface area (Å²) < 4.78 is 5.18.